The highest BCUT2D eigenvalue weighted by atomic mass is 79.9. The molecule has 0 radical (unpaired) electrons. The summed E-state index contributed by atoms with van der Waals surface area (Å²) >= 11 is 5.44. The molecule has 1 aliphatic rings. The Morgan fingerprint density at radius 2 is 2.17 bits per heavy atom. The first-order chi connectivity index (χ1) is 8.50. The lowest BCUT2D eigenvalue weighted by Crippen LogP contribution is -2.42. The molecule has 0 spiro atoms. The van der Waals surface area contributed by atoms with E-state index in [2.05, 4.69) is 58.5 Å². The molecule has 2 nitrogen and oxygen atoms in total. The average Bonchev–Trinajstić information content (AvgIpc) is 2.77. The summed E-state index contributed by atoms with van der Waals surface area (Å²) in [5.74, 6) is 0. The maximum Gasteiger partial charge on any atom is 0.0397 e. The smallest absolute Gasteiger partial charge is 0.0397 e. The summed E-state index contributed by atoms with van der Waals surface area (Å²) < 4.78 is 1.24. The zero-order valence-corrected chi connectivity index (χ0v) is 13.9. The Bertz CT molecular complexity index is 383. The molecule has 0 saturated carbocycles. The molecule has 4 heteroatoms. The second-order valence-corrected chi connectivity index (χ2v) is 7.65. The lowest BCUT2D eigenvalue weighted by molar-refractivity contribution is 0.134. The number of halogens is 1. The minimum absolute atomic E-state index is 0.441. The number of thiophene rings is 1. The molecule has 1 fully saturated rings. The Morgan fingerprint density at radius 1 is 1.50 bits per heavy atom. The molecular weight excluding hydrogens is 308 g/mol. The Hall–Kier alpha value is 0.100. The predicted molar refractivity (Wildman–Crippen MR) is 83.3 cm³/mol. The van der Waals surface area contributed by atoms with E-state index in [0.29, 0.717) is 11.5 Å². The van der Waals surface area contributed by atoms with E-state index < -0.39 is 0 Å². The van der Waals surface area contributed by atoms with Gasteiger partial charge in [0, 0.05) is 21.9 Å². The first-order valence-corrected chi connectivity index (χ1v) is 8.32. The van der Waals surface area contributed by atoms with E-state index in [1.807, 2.05) is 11.3 Å². The fraction of sp³-hybridized carbons (Fsp3) is 0.714. The standard InChI is InChI=1S/C14H23BrN2S/c1-11(13-12(15)4-9-18-13)16-10-14(2)5-7-17(3)8-6-14/h4,9,11,16H,5-8,10H2,1-3H3. The van der Waals surface area contributed by atoms with E-state index in [0.717, 1.165) is 6.54 Å². The number of hydrogen-bond acceptors (Lipinski definition) is 3. The van der Waals surface area contributed by atoms with Crippen LogP contribution in [0.1, 0.15) is 37.6 Å². The molecule has 18 heavy (non-hydrogen) atoms. The summed E-state index contributed by atoms with van der Waals surface area (Å²) in [6.07, 6.45) is 2.60. The van der Waals surface area contributed by atoms with Crippen molar-refractivity contribution in [3.8, 4) is 0 Å². The van der Waals surface area contributed by atoms with Gasteiger partial charge in [-0.15, -0.1) is 11.3 Å². The topological polar surface area (TPSA) is 15.3 Å². The predicted octanol–water partition coefficient (Wildman–Crippen LogP) is 3.89. The van der Waals surface area contributed by atoms with E-state index in [1.54, 1.807) is 0 Å². The highest BCUT2D eigenvalue weighted by molar-refractivity contribution is 9.10. The van der Waals surface area contributed by atoms with Gasteiger partial charge >= 0.3 is 0 Å². The van der Waals surface area contributed by atoms with E-state index in [9.17, 15) is 0 Å². The third kappa shape index (κ3) is 3.56. The maximum absolute atomic E-state index is 3.71. The average molecular weight is 331 g/mol. The molecule has 1 aromatic heterocycles. The van der Waals surface area contributed by atoms with Crippen molar-refractivity contribution in [1.29, 1.82) is 0 Å². The minimum atomic E-state index is 0.441. The summed E-state index contributed by atoms with van der Waals surface area (Å²) in [6.45, 7) is 8.26. The van der Waals surface area contributed by atoms with Crippen LogP contribution in [0.15, 0.2) is 15.9 Å². The van der Waals surface area contributed by atoms with Crippen molar-refractivity contribution < 1.29 is 0 Å². The van der Waals surface area contributed by atoms with Crippen LogP contribution in [-0.4, -0.2) is 31.6 Å². The van der Waals surface area contributed by atoms with Gasteiger partial charge < -0.3 is 10.2 Å². The Kier molecular flexibility index (Phi) is 4.86. The molecule has 1 unspecified atom stereocenters. The van der Waals surface area contributed by atoms with Crippen molar-refractivity contribution >= 4 is 27.3 Å². The lowest BCUT2D eigenvalue weighted by Gasteiger charge is -2.38. The number of piperidine rings is 1. The monoisotopic (exact) mass is 330 g/mol. The number of likely N-dealkylation sites (tertiary alicyclic amines) is 1. The SMILES string of the molecule is CC(NCC1(C)CCN(C)CC1)c1sccc1Br. The summed E-state index contributed by atoms with van der Waals surface area (Å²) in [6, 6.07) is 2.57. The number of hydrogen-bond donors (Lipinski definition) is 1. The third-order valence-electron chi connectivity index (χ3n) is 4.07. The zero-order valence-electron chi connectivity index (χ0n) is 11.5. The fourth-order valence-electron chi connectivity index (χ4n) is 2.44. The van der Waals surface area contributed by atoms with Crippen LogP contribution in [0.5, 0.6) is 0 Å². The molecule has 1 N–H and O–H groups in total. The maximum atomic E-state index is 3.71. The van der Waals surface area contributed by atoms with Gasteiger partial charge in [0.1, 0.15) is 0 Å². The molecule has 0 aromatic carbocycles. The van der Waals surface area contributed by atoms with Crippen molar-refractivity contribution in [1.82, 2.24) is 10.2 Å². The molecule has 1 aromatic rings. The molecule has 0 bridgehead atoms. The summed E-state index contributed by atoms with van der Waals surface area (Å²) in [4.78, 5) is 3.84. The molecule has 2 heterocycles. The van der Waals surface area contributed by atoms with Gasteiger partial charge in [0.05, 0.1) is 0 Å². The quantitative estimate of drug-likeness (QED) is 0.900. The van der Waals surface area contributed by atoms with Gasteiger partial charge in [0.2, 0.25) is 0 Å². The molecular formula is C14H23BrN2S. The molecule has 1 saturated heterocycles. The van der Waals surface area contributed by atoms with Crippen LogP contribution in [0.3, 0.4) is 0 Å². The number of nitrogens with zero attached hydrogens (tertiary/aromatic N) is 1. The van der Waals surface area contributed by atoms with Crippen LogP contribution in [0.4, 0.5) is 0 Å². The molecule has 1 atom stereocenters. The van der Waals surface area contributed by atoms with Crippen LogP contribution >= 0.6 is 27.3 Å². The van der Waals surface area contributed by atoms with Gasteiger partial charge in [-0.05, 0) is 72.7 Å². The lowest BCUT2D eigenvalue weighted by atomic mass is 9.80. The van der Waals surface area contributed by atoms with Gasteiger partial charge in [0.25, 0.3) is 0 Å². The number of rotatable bonds is 4. The van der Waals surface area contributed by atoms with E-state index in [1.165, 1.54) is 35.3 Å². The van der Waals surface area contributed by atoms with E-state index >= 15 is 0 Å². The van der Waals surface area contributed by atoms with Gasteiger partial charge in [-0.1, -0.05) is 6.92 Å². The highest BCUT2D eigenvalue weighted by Crippen LogP contribution is 2.32. The summed E-state index contributed by atoms with van der Waals surface area (Å²) in [7, 11) is 2.22. The Labute approximate surface area is 123 Å². The molecule has 0 aliphatic carbocycles. The highest BCUT2D eigenvalue weighted by Gasteiger charge is 2.29. The Morgan fingerprint density at radius 3 is 2.72 bits per heavy atom. The fourth-order valence-corrected chi connectivity index (χ4v) is 4.19. The van der Waals surface area contributed by atoms with Crippen molar-refractivity contribution in [2.24, 2.45) is 5.41 Å². The van der Waals surface area contributed by atoms with Crippen molar-refractivity contribution in [2.45, 2.75) is 32.7 Å². The minimum Gasteiger partial charge on any atom is -0.309 e. The van der Waals surface area contributed by atoms with E-state index in [4.69, 9.17) is 0 Å². The first kappa shape index (κ1) is 14.5. The molecule has 102 valence electrons. The largest absolute Gasteiger partial charge is 0.309 e. The number of nitrogens with one attached hydrogen (secondary N) is 1. The summed E-state index contributed by atoms with van der Waals surface area (Å²) in [5, 5.41) is 5.86. The van der Waals surface area contributed by atoms with Gasteiger partial charge in [-0.2, -0.15) is 0 Å². The van der Waals surface area contributed by atoms with Crippen LogP contribution < -0.4 is 5.32 Å². The second kappa shape index (κ2) is 6.04. The third-order valence-corrected chi connectivity index (χ3v) is 6.12. The van der Waals surface area contributed by atoms with Crippen LogP contribution in [0.25, 0.3) is 0 Å². The van der Waals surface area contributed by atoms with Crippen molar-refractivity contribution in [3.63, 3.8) is 0 Å². The van der Waals surface area contributed by atoms with Crippen molar-refractivity contribution in [2.75, 3.05) is 26.7 Å². The molecule has 1 aliphatic heterocycles. The van der Waals surface area contributed by atoms with Gasteiger partial charge in [0.15, 0.2) is 0 Å². The normalized spacial score (nSPS) is 22.0. The molecule has 0 amide bonds. The van der Waals surface area contributed by atoms with Gasteiger partial charge in [-0.25, -0.2) is 0 Å². The Balaban J connectivity index is 1.86. The van der Waals surface area contributed by atoms with Crippen LogP contribution in [0.2, 0.25) is 0 Å². The molecule has 2 rings (SSSR count). The van der Waals surface area contributed by atoms with E-state index in [-0.39, 0.29) is 0 Å². The van der Waals surface area contributed by atoms with Crippen LogP contribution in [0, 0.1) is 5.41 Å². The zero-order chi connectivity index (χ0) is 13.2. The second-order valence-electron chi connectivity index (χ2n) is 5.85. The van der Waals surface area contributed by atoms with Crippen molar-refractivity contribution in [3.05, 3.63) is 20.8 Å². The van der Waals surface area contributed by atoms with Crippen LogP contribution in [-0.2, 0) is 0 Å². The summed E-state index contributed by atoms with van der Waals surface area (Å²) in [5.41, 5.74) is 0.463. The van der Waals surface area contributed by atoms with Gasteiger partial charge in [-0.3, -0.25) is 0 Å². The first-order valence-electron chi connectivity index (χ1n) is 6.65.